The van der Waals surface area contributed by atoms with Crippen molar-refractivity contribution in [1.82, 2.24) is 10.2 Å². The first-order chi connectivity index (χ1) is 7.93. The van der Waals surface area contributed by atoms with Crippen LogP contribution in [0.2, 0.25) is 0 Å². The van der Waals surface area contributed by atoms with Crippen LogP contribution in [-0.4, -0.2) is 10.2 Å². The SMILES string of the molecule is [Ir].c1ccc(-c2cc3ccccc3nn2)cc1. The normalized spacial score (nSPS) is 9.88. The molecule has 3 rings (SSSR count). The molecule has 0 N–H and O–H groups in total. The Morgan fingerprint density at radius 2 is 1.41 bits per heavy atom. The van der Waals surface area contributed by atoms with E-state index in [9.17, 15) is 0 Å². The predicted molar refractivity (Wildman–Crippen MR) is 65.0 cm³/mol. The van der Waals surface area contributed by atoms with Crippen molar-refractivity contribution in [2.24, 2.45) is 0 Å². The van der Waals surface area contributed by atoms with Gasteiger partial charge in [-0.3, -0.25) is 0 Å². The van der Waals surface area contributed by atoms with Gasteiger partial charge in [0, 0.05) is 31.1 Å². The Kier molecular flexibility index (Phi) is 3.62. The third-order valence-electron chi connectivity index (χ3n) is 2.56. The van der Waals surface area contributed by atoms with E-state index in [1.54, 1.807) is 0 Å². The first-order valence-corrected chi connectivity index (χ1v) is 5.21. The van der Waals surface area contributed by atoms with E-state index in [-0.39, 0.29) is 20.1 Å². The zero-order chi connectivity index (χ0) is 10.8. The number of benzene rings is 2. The van der Waals surface area contributed by atoms with Gasteiger partial charge in [-0.25, -0.2) is 0 Å². The summed E-state index contributed by atoms with van der Waals surface area (Å²) < 4.78 is 0. The molecule has 3 aromatic rings. The molecule has 0 aliphatic heterocycles. The third kappa shape index (κ3) is 2.41. The van der Waals surface area contributed by atoms with Crippen molar-refractivity contribution in [1.29, 1.82) is 0 Å². The van der Waals surface area contributed by atoms with Crippen molar-refractivity contribution in [3.05, 3.63) is 60.7 Å². The molecular weight excluding hydrogens is 388 g/mol. The Labute approximate surface area is 113 Å². The quantitative estimate of drug-likeness (QED) is 0.629. The first-order valence-electron chi connectivity index (χ1n) is 5.21. The molecule has 2 nitrogen and oxygen atoms in total. The van der Waals surface area contributed by atoms with Gasteiger partial charge >= 0.3 is 0 Å². The minimum atomic E-state index is 0. The molecule has 0 fully saturated rings. The van der Waals surface area contributed by atoms with E-state index in [1.807, 2.05) is 48.5 Å². The summed E-state index contributed by atoms with van der Waals surface area (Å²) in [6.07, 6.45) is 0. The minimum absolute atomic E-state index is 0. The van der Waals surface area contributed by atoms with Crippen LogP contribution in [0.3, 0.4) is 0 Å². The molecule has 1 radical (unpaired) electrons. The molecule has 0 amide bonds. The van der Waals surface area contributed by atoms with E-state index in [4.69, 9.17) is 0 Å². The maximum Gasteiger partial charge on any atom is 0.0936 e. The van der Waals surface area contributed by atoms with Crippen LogP contribution in [0.5, 0.6) is 0 Å². The van der Waals surface area contributed by atoms with Gasteiger partial charge in [-0.15, -0.1) is 10.2 Å². The number of nitrogens with zero attached hydrogens (tertiary/aromatic N) is 2. The van der Waals surface area contributed by atoms with Crippen LogP contribution in [0.15, 0.2) is 60.7 Å². The Morgan fingerprint density at radius 3 is 2.24 bits per heavy atom. The molecule has 3 heteroatoms. The zero-order valence-electron chi connectivity index (χ0n) is 9.00. The molecule has 0 aliphatic rings. The molecule has 0 bridgehead atoms. The van der Waals surface area contributed by atoms with Crippen LogP contribution in [0.25, 0.3) is 22.2 Å². The van der Waals surface area contributed by atoms with E-state index >= 15 is 0 Å². The van der Waals surface area contributed by atoms with Crippen molar-refractivity contribution in [3.63, 3.8) is 0 Å². The molecule has 0 unspecified atom stereocenters. The third-order valence-corrected chi connectivity index (χ3v) is 2.56. The summed E-state index contributed by atoms with van der Waals surface area (Å²) in [6, 6.07) is 20.2. The Balaban J connectivity index is 0.00000108. The van der Waals surface area contributed by atoms with Gasteiger partial charge in [0.05, 0.1) is 11.2 Å². The fraction of sp³-hybridized carbons (Fsp3) is 0. The molecule has 0 aliphatic carbocycles. The van der Waals surface area contributed by atoms with Crippen LogP contribution in [0.1, 0.15) is 0 Å². The Morgan fingerprint density at radius 1 is 0.706 bits per heavy atom. The predicted octanol–water partition coefficient (Wildman–Crippen LogP) is 3.29. The summed E-state index contributed by atoms with van der Waals surface area (Å²) >= 11 is 0. The number of hydrogen-bond acceptors (Lipinski definition) is 2. The second kappa shape index (κ2) is 5.17. The van der Waals surface area contributed by atoms with Crippen molar-refractivity contribution in [3.8, 4) is 11.3 Å². The summed E-state index contributed by atoms with van der Waals surface area (Å²) in [6.45, 7) is 0. The van der Waals surface area contributed by atoms with Gasteiger partial charge in [-0.2, -0.15) is 0 Å². The van der Waals surface area contributed by atoms with Crippen LogP contribution in [0, 0.1) is 0 Å². The van der Waals surface area contributed by atoms with E-state index in [0.29, 0.717) is 0 Å². The summed E-state index contributed by atoms with van der Waals surface area (Å²) in [7, 11) is 0. The Bertz CT molecular complexity index is 623. The first kappa shape index (κ1) is 11.9. The minimum Gasteiger partial charge on any atom is -0.150 e. The van der Waals surface area contributed by atoms with Crippen molar-refractivity contribution >= 4 is 10.9 Å². The van der Waals surface area contributed by atoms with E-state index in [0.717, 1.165) is 22.2 Å². The van der Waals surface area contributed by atoms with Crippen LogP contribution >= 0.6 is 0 Å². The van der Waals surface area contributed by atoms with Crippen molar-refractivity contribution in [2.45, 2.75) is 0 Å². The van der Waals surface area contributed by atoms with Gasteiger partial charge in [0.1, 0.15) is 0 Å². The average Bonchev–Trinajstić information content (AvgIpc) is 2.39. The summed E-state index contributed by atoms with van der Waals surface area (Å²) in [5.41, 5.74) is 2.95. The molecule has 17 heavy (non-hydrogen) atoms. The van der Waals surface area contributed by atoms with Gasteiger partial charge < -0.3 is 0 Å². The molecule has 0 saturated heterocycles. The number of fused-ring (bicyclic) bond motifs is 1. The van der Waals surface area contributed by atoms with Gasteiger partial charge in [-0.1, -0.05) is 48.5 Å². The molecule has 1 aromatic heterocycles. The second-order valence-corrected chi connectivity index (χ2v) is 3.65. The number of hydrogen-bond donors (Lipinski definition) is 0. The van der Waals surface area contributed by atoms with Crippen molar-refractivity contribution < 1.29 is 20.1 Å². The standard InChI is InChI=1S/C14H10N2.Ir/c1-2-6-11(7-3-1)14-10-12-8-4-5-9-13(12)15-16-14;/h1-10H;. The Hall–Kier alpha value is -1.57. The molecular formula is C14H10IrN2. The van der Waals surface area contributed by atoms with Gasteiger partial charge in [0.25, 0.3) is 0 Å². The summed E-state index contributed by atoms with van der Waals surface area (Å²) in [5.74, 6) is 0. The maximum absolute atomic E-state index is 4.23. The fourth-order valence-electron chi connectivity index (χ4n) is 1.73. The topological polar surface area (TPSA) is 25.8 Å². The van der Waals surface area contributed by atoms with E-state index in [1.165, 1.54) is 0 Å². The van der Waals surface area contributed by atoms with Crippen molar-refractivity contribution in [2.75, 3.05) is 0 Å². The summed E-state index contributed by atoms with van der Waals surface area (Å²) in [4.78, 5) is 0. The summed E-state index contributed by atoms with van der Waals surface area (Å²) in [5, 5.41) is 9.56. The molecule has 2 aromatic carbocycles. The molecule has 85 valence electrons. The number of rotatable bonds is 1. The molecule has 0 saturated carbocycles. The van der Waals surface area contributed by atoms with Crippen LogP contribution < -0.4 is 0 Å². The fourth-order valence-corrected chi connectivity index (χ4v) is 1.73. The molecule has 0 spiro atoms. The smallest absolute Gasteiger partial charge is 0.0936 e. The van der Waals surface area contributed by atoms with E-state index < -0.39 is 0 Å². The average molecular weight is 398 g/mol. The molecule has 1 heterocycles. The van der Waals surface area contributed by atoms with Gasteiger partial charge in [0.15, 0.2) is 0 Å². The monoisotopic (exact) mass is 399 g/mol. The maximum atomic E-state index is 4.23. The number of aromatic nitrogens is 2. The van der Waals surface area contributed by atoms with Crippen LogP contribution in [0.4, 0.5) is 0 Å². The van der Waals surface area contributed by atoms with Gasteiger partial charge in [-0.05, 0) is 12.1 Å². The van der Waals surface area contributed by atoms with E-state index in [2.05, 4.69) is 22.3 Å². The van der Waals surface area contributed by atoms with Crippen LogP contribution in [-0.2, 0) is 20.1 Å². The zero-order valence-corrected chi connectivity index (χ0v) is 11.4. The largest absolute Gasteiger partial charge is 0.150 e. The second-order valence-electron chi connectivity index (χ2n) is 3.65. The van der Waals surface area contributed by atoms with Gasteiger partial charge in [0.2, 0.25) is 0 Å². The molecule has 0 atom stereocenters.